The summed E-state index contributed by atoms with van der Waals surface area (Å²) in [5.74, 6) is 0.580. The lowest BCUT2D eigenvalue weighted by Crippen LogP contribution is -2.62. The number of alkyl halides is 3. The fourth-order valence-electron chi connectivity index (χ4n) is 3.45. The van der Waals surface area contributed by atoms with E-state index in [9.17, 15) is 22.5 Å². The second-order valence-electron chi connectivity index (χ2n) is 6.60. The number of anilines is 1. The van der Waals surface area contributed by atoms with Crippen molar-refractivity contribution in [2.24, 2.45) is 0 Å². The second-order valence-corrected chi connectivity index (χ2v) is 9.43. The summed E-state index contributed by atoms with van der Waals surface area (Å²) in [6, 6.07) is 9.12. The molecule has 31 heavy (non-hydrogen) atoms. The van der Waals surface area contributed by atoms with Crippen LogP contribution < -0.4 is 15.0 Å². The van der Waals surface area contributed by atoms with Gasteiger partial charge in [-0.05, 0) is 35.9 Å². The van der Waals surface area contributed by atoms with Gasteiger partial charge < -0.3 is 19.1 Å². The Bertz CT molecular complexity index is 1030. The van der Waals surface area contributed by atoms with E-state index in [1.54, 1.807) is 24.3 Å². The molecule has 0 radical (unpaired) electrons. The van der Waals surface area contributed by atoms with Crippen LogP contribution in [0.4, 0.5) is 23.7 Å². The van der Waals surface area contributed by atoms with Gasteiger partial charge in [-0.25, -0.2) is 4.79 Å². The molecule has 1 unspecified atom stereocenters. The normalized spacial score (nSPS) is 19.1. The first-order chi connectivity index (χ1) is 14.5. The maximum atomic E-state index is 14.5. The zero-order valence-corrected chi connectivity index (χ0v) is 18.3. The Kier molecular flexibility index (Phi) is 6.30. The summed E-state index contributed by atoms with van der Waals surface area (Å²) in [6.07, 6.45) is -5.24. The topological polar surface area (TPSA) is 77.1 Å². The molecule has 0 spiro atoms. The average molecular weight is 479 g/mol. The summed E-state index contributed by atoms with van der Waals surface area (Å²) < 4.78 is 71.1. The zero-order chi connectivity index (χ0) is 23.0. The highest BCUT2D eigenvalue weighted by Gasteiger charge is 2.72. The van der Waals surface area contributed by atoms with E-state index in [-0.39, 0.29) is 17.3 Å². The van der Waals surface area contributed by atoms with Gasteiger partial charge in [0.1, 0.15) is 5.75 Å². The van der Waals surface area contributed by atoms with Gasteiger partial charge in [0.2, 0.25) is 0 Å². The highest BCUT2D eigenvalue weighted by Crippen LogP contribution is 2.70. The molecule has 0 aliphatic carbocycles. The molecule has 0 saturated heterocycles. The van der Waals surface area contributed by atoms with E-state index >= 15 is 0 Å². The van der Waals surface area contributed by atoms with Gasteiger partial charge in [0.15, 0.2) is 0 Å². The lowest BCUT2D eigenvalue weighted by atomic mass is 9.99. The maximum absolute atomic E-state index is 14.5. The number of benzene rings is 2. The summed E-state index contributed by atoms with van der Waals surface area (Å²) in [7, 11) is -1.85. The smallest absolute Gasteiger partial charge is 0.427 e. The predicted molar refractivity (Wildman–Crippen MR) is 109 cm³/mol. The van der Waals surface area contributed by atoms with Crippen molar-refractivity contribution >= 4 is 30.9 Å². The van der Waals surface area contributed by atoms with Gasteiger partial charge in [0.25, 0.3) is 5.28 Å². The van der Waals surface area contributed by atoms with E-state index in [4.69, 9.17) is 25.4 Å². The van der Waals surface area contributed by atoms with E-state index in [2.05, 4.69) is 0 Å². The lowest BCUT2D eigenvalue weighted by molar-refractivity contribution is -0.176. The predicted octanol–water partition coefficient (Wildman–Crippen LogP) is 5.28. The number of amides is 2. The molecule has 0 fully saturated rings. The fraction of sp³-hybridized carbons (Fsp3) is 0.316. The molecule has 7 nitrogen and oxygen atoms in total. The number of carbonyl (C=O) groups excluding carboxylic acids is 1. The molecule has 1 aliphatic heterocycles. The number of urea groups is 1. The van der Waals surface area contributed by atoms with Gasteiger partial charge in [-0.1, -0.05) is 23.7 Å². The molecule has 2 aromatic carbocycles. The Labute approximate surface area is 181 Å². The number of nitrogens with zero attached hydrogens (tertiary/aromatic N) is 1. The van der Waals surface area contributed by atoms with E-state index in [0.717, 1.165) is 25.2 Å². The van der Waals surface area contributed by atoms with Crippen LogP contribution in [0.3, 0.4) is 0 Å². The van der Waals surface area contributed by atoms with E-state index in [1.165, 1.54) is 19.2 Å². The van der Waals surface area contributed by atoms with Crippen molar-refractivity contribution in [2.75, 3.05) is 26.2 Å². The van der Waals surface area contributed by atoms with E-state index < -0.39 is 30.6 Å². The Hall–Kier alpha value is -2.26. The van der Waals surface area contributed by atoms with E-state index in [1.807, 2.05) is 5.32 Å². The minimum absolute atomic E-state index is 0.0494. The summed E-state index contributed by atoms with van der Waals surface area (Å²) in [6.45, 7) is -0.0668. The molecule has 1 N–H and O–H groups in total. The van der Waals surface area contributed by atoms with Crippen molar-refractivity contribution in [3.05, 3.63) is 58.6 Å². The number of methoxy groups -OCH3 is 1. The fourth-order valence-corrected chi connectivity index (χ4v) is 5.33. The third-order valence-corrected chi connectivity index (χ3v) is 7.60. The monoisotopic (exact) mass is 478 g/mol. The Morgan fingerprint density at radius 3 is 2.23 bits per heavy atom. The minimum Gasteiger partial charge on any atom is -0.497 e. The minimum atomic E-state index is -5.24. The molecule has 12 heteroatoms. The van der Waals surface area contributed by atoms with Crippen LogP contribution in [-0.2, 0) is 25.4 Å². The highest BCUT2D eigenvalue weighted by atomic mass is 35.5. The molecular weight excluding hydrogens is 460 g/mol. The van der Waals surface area contributed by atoms with Crippen molar-refractivity contribution in [2.45, 2.75) is 18.0 Å². The maximum Gasteiger partial charge on any atom is 0.427 e. The number of halogens is 4. The van der Waals surface area contributed by atoms with E-state index in [0.29, 0.717) is 11.3 Å². The SMILES string of the molecule is COc1ccc(CN2C(=O)NC(C(F)(F)F)(P(=O)(OC)OC)c3cc(Cl)ccc32)cc1. The number of nitrogens with one attached hydrogen (secondary N) is 1. The number of hydrogen-bond donors (Lipinski definition) is 1. The van der Waals surface area contributed by atoms with Crippen LogP contribution in [0.1, 0.15) is 11.1 Å². The molecule has 1 aliphatic rings. The van der Waals surface area contributed by atoms with Crippen LogP contribution in [0.25, 0.3) is 0 Å². The molecule has 2 aromatic rings. The molecule has 168 valence electrons. The van der Waals surface area contributed by atoms with Crippen molar-refractivity contribution in [3.8, 4) is 5.75 Å². The molecule has 1 atom stereocenters. The summed E-state index contributed by atoms with van der Waals surface area (Å²) in [4.78, 5) is 14.0. The van der Waals surface area contributed by atoms with Gasteiger partial charge in [0, 0.05) is 24.8 Å². The molecule has 0 bridgehead atoms. The quantitative estimate of drug-likeness (QED) is 0.572. The summed E-state index contributed by atoms with van der Waals surface area (Å²) in [5, 5.41) is -1.64. The summed E-state index contributed by atoms with van der Waals surface area (Å²) >= 11 is 5.98. The molecule has 0 saturated carbocycles. The molecular formula is C19H19ClF3N2O5P. The van der Waals surface area contributed by atoms with Gasteiger partial charge >= 0.3 is 19.8 Å². The highest BCUT2D eigenvalue weighted by molar-refractivity contribution is 7.55. The summed E-state index contributed by atoms with van der Waals surface area (Å²) in [5.41, 5.74) is -0.0544. The van der Waals surface area contributed by atoms with Crippen LogP contribution in [0.15, 0.2) is 42.5 Å². The Morgan fingerprint density at radius 1 is 1.10 bits per heavy atom. The van der Waals surface area contributed by atoms with Gasteiger partial charge in [-0.2, -0.15) is 13.2 Å². The van der Waals surface area contributed by atoms with Crippen LogP contribution in [0.2, 0.25) is 5.02 Å². The average Bonchev–Trinajstić information content (AvgIpc) is 2.74. The van der Waals surface area contributed by atoms with Crippen molar-refractivity contribution in [1.82, 2.24) is 5.32 Å². The third kappa shape index (κ3) is 3.78. The van der Waals surface area contributed by atoms with Gasteiger partial charge in [0.05, 0.1) is 19.3 Å². The Balaban J connectivity index is 2.21. The van der Waals surface area contributed by atoms with Crippen molar-refractivity contribution in [1.29, 1.82) is 0 Å². The Morgan fingerprint density at radius 2 is 1.71 bits per heavy atom. The number of rotatable bonds is 6. The van der Waals surface area contributed by atoms with Crippen molar-refractivity contribution in [3.63, 3.8) is 0 Å². The molecule has 2 amide bonds. The van der Waals surface area contributed by atoms with Crippen LogP contribution in [-0.4, -0.2) is 33.5 Å². The first kappa shape index (κ1) is 23.4. The van der Waals surface area contributed by atoms with Crippen LogP contribution >= 0.6 is 19.2 Å². The number of hydrogen-bond acceptors (Lipinski definition) is 5. The van der Waals surface area contributed by atoms with Gasteiger partial charge in [-0.3, -0.25) is 9.46 Å². The largest absolute Gasteiger partial charge is 0.497 e. The zero-order valence-electron chi connectivity index (χ0n) is 16.7. The second kappa shape index (κ2) is 8.35. The first-order valence-electron chi connectivity index (χ1n) is 8.84. The van der Waals surface area contributed by atoms with Crippen LogP contribution in [0, 0.1) is 0 Å². The molecule has 3 rings (SSSR count). The lowest BCUT2D eigenvalue weighted by Gasteiger charge is -2.46. The van der Waals surface area contributed by atoms with Crippen molar-refractivity contribution < 1.29 is 36.3 Å². The molecule has 1 heterocycles. The first-order valence-corrected chi connectivity index (χ1v) is 10.8. The number of fused-ring (bicyclic) bond motifs is 1. The third-order valence-electron chi connectivity index (χ3n) is 4.97. The molecule has 0 aromatic heterocycles. The number of carbonyl (C=O) groups is 1. The number of ether oxygens (including phenoxy) is 1. The van der Waals surface area contributed by atoms with Gasteiger partial charge in [-0.15, -0.1) is 0 Å². The van der Waals surface area contributed by atoms with Crippen LogP contribution in [0.5, 0.6) is 5.75 Å². The standard InChI is InChI=1S/C19H19ClF3N2O5P/c1-28-14-7-4-12(5-8-14)11-25-16-9-6-13(20)10-15(16)18(19(21,22)23,24-17(25)26)31(27,29-2)30-3/h4-10H,11H2,1-3H3,(H,24,26).